The van der Waals surface area contributed by atoms with E-state index in [0.29, 0.717) is 5.56 Å². The van der Waals surface area contributed by atoms with Gasteiger partial charge >= 0.3 is 0 Å². The summed E-state index contributed by atoms with van der Waals surface area (Å²) in [7, 11) is -1.34. The van der Waals surface area contributed by atoms with Crippen molar-refractivity contribution in [1.29, 1.82) is 0 Å². The molecule has 0 fully saturated rings. The molecule has 0 aliphatic carbocycles. The van der Waals surface area contributed by atoms with E-state index < -0.39 is 14.9 Å². The number of aromatic nitrogens is 3. The van der Waals surface area contributed by atoms with E-state index >= 15 is 0 Å². The fraction of sp³-hybridized carbons (Fsp3) is 0.143. The average molecular weight is 1000 g/mol. The van der Waals surface area contributed by atoms with Gasteiger partial charge in [0.2, 0.25) is 0 Å². The summed E-state index contributed by atoms with van der Waals surface area (Å²) in [5, 5.41) is 3.45. The van der Waals surface area contributed by atoms with Crippen LogP contribution in [0.2, 0.25) is 19.6 Å². The maximum atomic E-state index is 7.35. The monoisotopic (exact) mass is 1000 g/mol. The van der Waals surface area contributed by atoms with Crippen LogP contribution in [0.4, 0.5) is 0 Å². The van der Waals surface area contributed by atoms with Gasteiger partial charge in [0.15, 0.2) is 0 Å². The minimum absolute atomic E-state index is 0. The molecule has 4 nitrogen and oxygen atoms in total. The first-order chi connectivity index (χ1) is 30.6. The average Bonchev–Trinajstić information content (AvgIpc) is 3.87. The van der Waals surface area contributed by atoms with E-state index in [1.165, 1.54) is 16.8 Å². The van der Waals surface area contributed by atoms with Gasteiger partial charge in [-0.05, 0) is 63.3 Å². The number of rotatable bonds is 6. The number of benzene rings is 7. The van der Waals surface area contributed by atoms with Gasteiger partial charge in [-0.3, -0.25) is 4.98 Å². The number of furan rings is 1. The Balaban J connectivity index is 0.000000232. The van der Waals surface area contributed by atoms with Crippen LogP contribution in [0.15, 0.2) is 174 Å². The maximum Gasteiger partial charge on any atom is 0.120 e. The Morgan fingerprint density at radius 3 is 1.97 bits per heavy atom. The molecular formula is C56H49IrN3OSi-2. The molecule has 10 aromatic rings. The standard InChI is InChI=1S/C41H31N2O.C15H18NSi.Ir/c1-41(2,3)29-25-33(27-15-6-4-7-16-27)38(34(26-29)28-17-8-5-9-18-28)43-36-23-12-11-22-35(36)42-40(43)32-21-14-20-31-30-19-10-13-24-37(30)44-39(31)32;1-12-5-7-13(8-6-12)15-10-9-14(11-16-15)17(2,3)4;/h4-20,22-26H,1-3H3;5-7,9-11H,1-4H3;/q2*-1;/i;1D3;. The van der Waals surface area contributed by atoms with Crippen molar-refractivity contribution in [1.82, 2.24) is 14.5 Å². The second-order valence-electron chi connectivity index (χ2n) is 17.5. The number of hydrogen-bond donors (Lipinski definition) is 0. The first kappa shape index (κ1) is 38.7. The molecule has 3 heterocycles. The first-order valence-electron chi connectivity index (χ1n) is 22.2. The molecule has 0 amide bonds. The van der Waals surface area contributed by atoms with Crippen LogP contribution in [0, 0.1) is 19.0 Å². The summed E-state index contributed by atoms with van der Waals surface area (Å²) in [6, 6.07) is 62.3. The first-order valence-corrected chi connectivity index (χ1v) is 24.2. The van der Waals surface area contributed by atoms with Crippen LogP contribution < -0.4 is 5.19 Å². The van der Waals surface area contributed by atoms with Crippen LogP contribution in [0.5, 0.6) is 0 Å². The SMILES string of the molecule is CC(C)(C)c1cc(-c2ccccc2)c(-n2c(-c3[c-]ccc4c3oc3ccccc34)nc3ccccc32)c(-c2ccccc2)c1.[2H]C([2H])([2H])c1c[c-]c(-c2ccc([Si](C)(C)C)cn2)cc1.[Ir]. The summed E-state index contributed by atoms with van der Waals surface area (Å²) in [4.78, 5) is 9.76. The van der Waals surface area contributed by atoms with E-state index in [-0.39, 0.29) is 25.5 Å². The second-order valence-corrected chi connectivity index (χ2v) is 22.6. The molecule has 1 radical (unpaired) electrons. The van der Waals surface area contributed by atoms with E-state index in [1.807, 2.05) is 36.5 Å². The van der Waals surface area contributed by atoms with Crippen LogP contribution in [0.1, 0.15) is 36.0 Å². The zero-order valence-corrected chi connectivity index (χ0v) is 39.1. The number of fused-ring (bicyclic) bond motifs is 4. The van der Waals surface area contributed by atoms with Gasteiger partial charge in [-0.25, -0.2) is 0 Å². The number of para-hydroxylation sites is 3. The number of imidazole rings is 1. The molecule has 6 heteroatoms. The van der Waals surface area contributed by atoms with Gasteiger partial charge in [0, 0.05) is 46.9 Å². The zero-order valence-electron chi connectivity index (χ0n) is 38.7. The molecule has 3 aromatic heterocycles. The Labute approximate surface area is 383 Å². The number of aryl methyl sites for hydroxylation is 1. The molecule has 0 bridgehead atoms. The smallest absolute Gasteiger partial charge is 0.120 e. The van der Waals surface area contributed by atoms with Crippen molar-refractivity contribution in [2.45, 2.75) is 52.7 Å². The summed E-state index contributed by atoms with van der Waals surface area (Å²) in [5.41, 5.74) is 13.3. The summed E-state index contributed by atoms with van der Waals surface area (Å²) in [6.45, 7) is 11.6. The van der Waals surface area contributed by atoms with Crippen molar-refractivity contribution < 1.29 is 28.6 Å². The van der Waals surface area contributed by atoms with Crippen molar-refractivity contribution >= 4 is 46.2 Å². The molecule has 0 saturated carbocycles. The Kier molecular flexibility index (Phi) is 10.8. The van der Waals surface area contributed by atoms with Gasteiger partial charge in [0.05, 0.1) is 36.2 Å². The minimum Gasteiger partial charge on any atom is -0.501 e. The Bertz CT molecular complexity index is 3140. The molecule has 0 saturated heterocycles. The van der Waals surface area contributed by atoms with Crippen LogP contribution in [-0.4, -0.2) is 22.6 Å². The summed E-state index contributed by atoms with van der Waals surface area (Å²) in [6.07, 6.45) is 1.92. The predicted molar refractivity (Wildman–Crippen MR) is 258 cm³/mol. The normalized spacial score (nSPS) is 12.6. The molecule has 0 atom stereocenters. The largest absolute Gasteiger partial charge is 0.501 e. The molecule has 0 N–H and O–H groups in total. The van der Waals surface area contributed by atoms with Crippen LogP contribution >= 0.6 is 0 Å². The summed E-state index contributed by atoms with van der Waals surface area (Å²) >= 11 is 0. The van der Waals surface area contributed by atoms with Crippen LogP contribution in [0.3, 0.4) is 0 Å². The third kappa shape index (κ3) is 8.39. The van der Waals surface area contributed by atoms with Crippen LogP contribution in [0.25, 0.3) is 83.6 Å². The van der Waals surface area contributed by atoms with Gasteiger partial charge in [-0.2, -0.15) is 0 Å². The van der Waals surface area contributed by atoms with Gasteiger partial charge < -0.3 is 14.0 Å². The molecule has 0 unspecified atom stereocenters. The zero-order chi connectivity index (χ0) is 44.8. The van der Waals surface area contributed by atoms with Gasteiger partial charge in [0.1, 0.15) is 5.58 Å². The number of nitrogens with zero attached hydrogens (tertiary/aromatic N) is 3. The third-order valence-corrected chi connectivity index (χ3v) is 13.2. The van der Waals surface area contributed by atoms with Crippen molar-refractivity contribution in [3.05, 3.63) is 193 Å². The molecule has 309 valence electrons. The third-order valence-electron chi connectivity index (χ3n) is 11.2. The topological polar surface area (TPSA) is 43.9 Å². The molecule has 0 aliphatic rings. The van der Waals surface area contributed by atoms with Crippen LogP contribution in [-0.2, 0) is 25.5 Å². The van der Waals surface area contributed by atoms with E-state index in [2.05, 4.69) is 177 Å². The van der Waals surface area contributed by atoms with Crippen molar-refractivity contribution in [2.24, 2.45) is 0 Å². The van der Waals surface area contributed by atoms with Crippen molar-refractivity contribution in [2.75, 3.05) is 0 Å². The second kappa shape index (κ2) is 17.3. The predicted octanol–water partition coefficient (Wildman–Crippen LogP) is 14.4. The van der Waals surface area contributed by atoms with Gasteiger partial charge in [0.25, 0.3) is 0 Å². The number of pyridine rings is 1. The molecule has 0 aliphatic heterocycles. The number of hydrogen-bond acceptors (Lipinski definition) is 3. The van der Waals surface area contributed by atoms with Gasteiger partial charge in [-0.1, -0.05) is 161 Å². The fourth-order valence-electron chi connectivity index (χ4n) is 7.84. The van der Waals surface area contributed by atoms with Gasteiger partial charge in [-0.15, -0.1) is 53.6 Å². The Morgan fingerprint density at radius 2 is 1.35 bits per heavy atom. The fourth-order valence-corrected chi connectivity index (χ4v) is 8.88. The van der Waals surface area contributed by atoms with E-state index in [0.717, 1.165) is 83.6 Å². The Morgan fingerprint density at radius 1 is 0.694 bits per heavy atom. The quantitative estimate of drug-likeness (QED) is 0.123. The van der Waals surface area contributed by atoms with E-state index in [1.54, 1.807) is 12.1 Å². The van der Waals surface area contributed by atoms with E-state index in [9.17, 15) is 0 Å². The molecule has 0 spiro atoms. The Hall–Kier alpha value is -6.17. The minimum atomic E-state index is -2.08. The summed E-state index contributed by atoms with van der Waals surface area (Å²) in [5.74, 6) is 0.800. The van der Waals surface area contributed by atoms with E-state index in [4.69, 9.17) is 13.5 Å². The molecular weight excluding hydrogens is 951 g/mol. The molecule has 10 rings (SSSR count). The molecule has 7 aromatic carbocycles. The summed E-state index contributed by atoms with van der Waals surface area (Å²) < 4.78 is 30.9. The van der Waals surface area contributed by atoms with Crippen molar-refractivity contribution in [3.8, 4) is 50.6 Å². The maximum absolute atomic E-state index is 7.35. The molecule has 62 heavy (non-hydrogen) atoms. The van der Waals surface area contributed by atoms with Crippen molar-refractivity contribution in [3.63, 3.8) is 0 Å².